The molecule has 1 saturated carbocycles. The van der Waals surface area contributed by atoms with Gasteiger partial charge in [-0.15, -0.1) is 0 Å². The van der Waals surface area contributed by atoms with Crippen LogP contribution in [0.25, 0.3) is 0 Å². The van der Waals surface area contributed by atoms with E-state index in [0.29, 0.717) is 0 Å². The molecule has 1 aromatic rings. The number of nitrogens with one attached hydrogen (secondary N) is 2. The minimum atomic E-state index is -0.968. The highest BCUT2D eigenvalue weighted by Gasteiger charge is 2.36. The van der Waals surface area contributed by atoms with Crippen LogP contribution in [0.15, 0.2) is 4.79 Å². The molecule has 1 aliphatic carbocycles. The van der Waals surface area contributed by atoms with Crippen molar-refractivity contribution in [1.82, 2.24) is 9.97 Å². The van der Waals surface area contributed by atoms with Crippen molar-refractivity contribution in [3.05, 3.63) is 20.7 Å². The molecule has 0 saturated heterocycles. The van der Waals surface area contributed by atoms with Crippen molar-refractivity contribution in [1.29, 1.82) is 10.5 Å². The minimum absolute atomic E-state index is 0.0223. The van der Waals surface area contributed by atoms with Crippen LogP contribution in [0.4, 0.5) is 0 Å². The summed E-state index contributed by atoms with van der Waals surface area (Å²) in [6, 6.07) is 3.90. The van der Waals surface area contributed by atoms with Crippen LogP contribution < -0.4 is 5.56 Å². The van der Waals surface area contributed by atoms with Gasteiger partial charge >= 0.3 is 0 Å². The highest BCUT2D eigenvalue weighted by atomic mass is 32.1. The molecular weight excluding hydrogens is 288 g/mol. The maximum Gasteiger partial charge on any atom is 0.259 e. The first-order chi connectivity index (χ1) is 10.1. The fourth-order valence-corrected chi connectivity index (χ4v) is 3.34. The molecule has 110 valence electrons. The second-order valence-electron chi connectivity index (χ2n) is 5.33. The van der Waals surface area contributed by atoms with Gasteiger partial charge in [-0.25, -0.2) is 0 Å². The SMILES string of the molecule is N#CC(C#N)C(c1c(O)[nH]c(=S)[nH]c1=O)C1CCCCC1. The van der Waals surface area contributed by atoms with Crippen molar-refractivity contribution < 1.29 is 5.11 Å². The first kappa shape index (κ1) is 15.3. The van der Waals surface area contributed by atoms with Crippen molar-refractivity contribution >= 4 is 12.2 Å². The summed E-state index contributed by atoms with van der Waals surface area (Å²) in [4.78, 5) is 17.1. The van der Waals surface area contributed by atoms with E-state index in [4.69, 9.17) is 12.2 Å². The average molecular weight is 304 g/mol. The molecule has 0 aromatic carbocycles. The molecule has 1 heterocycles. The molecule has 3 N–H and O–H groups in total. The second-order valence-corrected chi connectivity index (χ2v) is 5.74. The predicted molar refractivity (Wildman–Crippen MR) is 77.9 cm³/mol. The van der Waals surface area contributed by atoms with E-state index in [1.807, 2.05) is 12.1 Å². The normalized spacial score (nSPS) is 17.1. The molecule has 1 aliphatic rings. The molecule has 1 aromatic heterocycles. The largest absolute Gasteiger partial charge is 0.494 e. The molecule has 1 fully saturated rings. The highest BCUT2D eigenvalue weighted by Crippen LogP contribution is 2.41. The van der Waals surface area contributed by atoms with E-state index in [1.54, 1.807) is 0 Å². The number of hydrogen-bond acceptors (Lipinski definition) is 5. The highest BCUT2D eigenvalue weighted by molar-refractivity contribution is 7.71. The monoisotopic (exact) mass is 304 g/mol. The smallest absolute Gasteiger partial charge is 0.259 e. The Morgan fingerprint density at radius 1 is 1.19 bits per heavy atom. The third kappa shape index (κ3) is 3.14. The van der Waals surface area contributed by atoms with Gasteiger partial charge in [-0.05, 0) is 31.0 Å². The maximum absolute atomic E-state index is 12.2. The Balaban J connectivity index is 2.55. The molecule has 7 heteroatoms. The Hall–Kier alpha value is -2.12. The van der Waals surface area contributed by atoms with Gasteiger partial charge < -0.3 is 10.1 Å². The van der Waals surface area contributed by atoms with Crippen molar-refractivity contribution in [2.45, 2.75) is 38.0 Å². The molecule has 0 amide bonds. The molecule has 21 heavy (non-hydrogen) atoms. The average Bonchev–Trinajstić information content (AvgIpc) is 2.46. The lowest BCUT2D eigenvalue weighted by molar-refractivity contribution is 0.278. The van der Waals surface area contributed by atoms with E-state index in [0.717, 1.165) is 32.1 Å². The van der Waals surface area contributed by atoms with E-state index in [2.05, 4.69) is 9.97 Å². The standard InChI is InChI=1S/C14H16N4O2S/c15-6-9(7-16)10(8-4-2-1-3-5-8)11-12(19)17-14(21)18-13(11)20/h8-10H,1-5H2,(H3,17,18,19,20,21). The van der Waals surface area contributed by atoms with Gasteiger partial charge in [0.05, 0.1) is 17.7 Å². The van der Waals surface area contributed by atoms with E-state index >= 15 is 0 Å². The fourth-order valence-electron chi connectivity index (χ4n) is 3.15. The zero-order valence-electron chi connectivity index (χ0n) is 11.4. The summed E-state index contributed by atoms with van der Waals surface area (Å²) in [5.74, 6) is -1.87. The third-order valence-corrected chi connectivity index (χ3v) is 4.29. The van der Waals surface area contributed by atoms with Crippen molar-refractivity contribution in [3.8, 4) is 18.0 Å². The van der Waals surface area contributed by atoms with Crippen LogP contribution in [0.2, 0.25) is 0 Å². The zero-order valence-corrected chi connectivity index (χ0v) is 12.2. The van der Waals surface area contributed by atoms with Crippen LogP contribution >= 0.6 is 12.2 Å². The van der Waals surface area contributed by atoms with Gasteiger partial charge in [0, 0.05) is 5.92 Å². The lowest BCUT2D eigenvalue weighted by atomic mass is 9.72. The zero-order chi connectivity index (χ0) is 15.4. The number of aromatic nitrogens is 2. The predicted octanol–water partition coefficient (Wildman–Crippen LogP) is 2.47. The lowest BCUT2D eigenvalue weighted by Crippen LogP contribution is -2.28. The lowest BCUT2D eigenvalue weighted by Gasteiger charge is -2.30. The van der Waals surface area contributed by atoms with Gasteiger partial charge in [0.15, 0.2) is 10.7 Å². The maximum atomic E-state index is 12.2. The van der Waals surface area contributed by atoms with E-state index in [1.165, 1.54) is 0 Å². The van der Waals surface area contributed by atoms with Gasteiger partial charge in [-0.3, -0.25) is 9.78 Å². The Morgan fingerprint density at radius 2 is 1.81 bits per heavy atom. The van der Waals surface area contributed by atoms with Gasteiger partial charge in [0.25, 0.3) is 5.56 Å². The van der Waals surface area contributed by atoms with E-state index < -0.39 is 17.4 Å². The van der Waals surface area contributed by atoms with Crippen LogP contribution in [0, 0.1) is 39.3 Å². The molecular formula is C14H16N4O2S. The molecule has 0 spiro atoms. The third-order valence-electron chi connectivity index (χ3n) is 4.09. The molecule has 0 radical (unpaired) electrons. The minimum Gasteiger partial charge on any atom is -0.494 e. The molecule has 1 unspecified atom stereocenters. The molecule has 2 rings (SSSR count). The quantitative estimate of drug-likeness (QED) is 0.742. The fraction of sp³-hybridized carbons (Fsp3) is 0.571. The summed E-state index contributed by atoms with van der Waals surface area (Å²) in [5, 5.41) is 28.5. The van der Waals surface area contributed by atoms with Gasteiger partial charge in [0.1, 0.15) is 5.92 Å². The van der Waals surface area contributed by atoms with Crippen LogP contribution in [-0.2, 0) is 0 Å². The summed E-state index contributed by atoms with van der Waals surface area (Å²) in [6.45, 7) is 0. The first-order valence-corrected chi connectivity index (χ1v) is 7.34. The van der Waals surface area contributed by atoms with E-state index in [9.17, 15) is 20.4 Å². The number of hydrogen-bond donors (Lipinski definition) is 3. The molecule has 0 aliphatic heterocycles. The van der Waals surface area contributed by atoms with Gasteiger partial charge in [-0.2, -0.15) is 10.5 Å². The number of nitriles is 2. The van der Waals surface area contributed by atoms with Crippen LogP contribution in [0.1, 0.15) is 43.6 Å². The summed E-state index contributed by atoms with van der Waals surface area (Å²) in [5.41, 5.74) is -0.453. The van der Waals surface area contributed by atoms with Gasteiger partial charge in [0.2, 0.25) is 0 Å². The number of aromatic amines is 2. The number of H-pyrrole nitrogens is 2. The van der Waals surface area contributed by atoms with E-state index in [-0.39, 0.29) is 22.1 Å². The number of nitrogens with zero attached hydrogens (tertiary/aromatic N) is 2. The summed E-state index contributed by atoms with van der Waals surface area (Å²) in [7, 11) is 0. The van der Waals surface area contributed by atoms with Crippen molar-refractivity contribution in [2.75, 3.05) is 0 Å². The van der Waals surface area contributed by atoms with Gasteiger partial charge in [-0.1, -0.05) is 19.3 Å². The van der Waals surface area contributed by atoms with Crippen LogP contribution in [0.5, 0.6) is 5.88 Å². The van der Waals surface area contributed by atoms with Crippen molar-refractivity contribution in [3.63, 3.8) is 0 Å². The van der Waals surface area contributed by atoms with Crippen LogP contribution in [0.3, 0.4) is 0 Å². The first-order valence-electron chi connectivity index (χ1n) is 6.93. The Labute approximate surface area is 127 Å². The molecule has 6 nitrogen and oxygen atoms in total. The Bertz CT molecular complexity index is 689. The Morgan fingerprint density at radius 3 is 2.33 bits per heavy atom. The van der Waals surface area contributed by atoms with Crippen molar-refractivity contribution in [2.24, 2.45) is 11.8 Å². The second kappa shape index (κ2) is 6.55. The topological polar surface area (TPSA) is 116 Å². The number of aromatic hydroxyl groups is 1. The molecule has 0 bridgehead atoms. The summed E-state index contributed by atoms with van der Waals surface area (Å²) >= 11 is 4.81. The Kier molecular flexibility index (Phi) is 4.77. The number of rotatable bonds is 3. The molecule has 1 atom stereocenters. The summed E-state index contributed by atoms with van der Waals surface area (Å²) in [6.07, 6.45) is 4.82. The van der Waals surface area contributed by atoms with Crippen LogP contribution in [-0.4, -0.2) is 15.1 Å². The summed E-state index contributed by atoms with van der Waals surface area (Å²) < 4.78 is 0.0223.